The zero-order valence-corrected chi connectivity index (χ0v) is 11.1. The molecule has 0 aromatic heterocycles. The van der Waals surface area contributed by atoms with E-state index in [0.29, 0.717) is 5.75 Å². The van der Waals surface area contributed by atoms with Gasteiger partial charge in [-0.2, -0.15) is 10.5 Å². The van der Waals surface area contributed by atoms with Gasteiger partial charge >= 0.3 is 5.97 Å². The van der Waals surface area contributed by atoms with Crippen LogP contribution in [0.5, 0.6) is 5.75 Å². The molecular formula is C15H14N2O3. The van der Waals surface area contributed by atoms with Gasteiger partial charge in [0.25, 0.3) is 0 Å². The summed E-state index contributed by atoms with van der Waals surface area (Å²) in [4.78, 5) is 21.2. The van der Waals surface area contributed by atoms with Gasteiger partial charge in [0.15, 0.2) is 0 Å². The topological polar surface area (TPSA) is 91.0 Å². The molecule has 5 nitrogen and oxygen atoms in total. The summed E-state index contributed by atoms with van der Waals surface area (Å²) in [5.74, 6) is -1.04. The van der Waals surface area contributed by atoms with Gasteiger partial charge in [-0.15, -0.1) is 0 Å². The Hall–Kier alpha value is -3.18. The second-order valence-electron chi connectivity index (χ2n) is 2.93. The Bertz CT molecular complexity index is 504. The third kappa shape index (κ3) is 12.9. The Morgan fingerprint density at radius 3 is 1.80 bits per heavy atom. The maximum atomic E-state index is 10.7. The van der Waals surface area contributed by atoms with Gasteiger partial charge in [0.2, 0.25) is 5.78 Å². The molecule has 0 saturated carbocycles. The number of para-hydroxylation sites is 1. The maximum Gasteiger partial charge on any atom is 0.379 e. The van der Waals surface area contributed by atoms with Crippen molar-refractivity contribution in [2.75, 3.05) is 0 Å². The Labute approximate surface area is 118 Å². The SMILES string of the molecule is C=CC#N.C=CC#N.CC(=O)C(=O)Oc1ccccc1. The first-order valence-electron chi connectivity index (χ1n) is 5.32. The molecule has 1 rings (SSSR count). The lowest BCUT2D eigenvalue weighted by molar-refractivity contribution is -0.146. The molecule has 5 heteroatoms. The number of ether oxygens (including phenoxy) is 1. The standard InChI is InChI=1S/C9H8O3.2C3H3N/c1-7(10)9(11)12-8-5-3-2-4-6-8;2*1-2-3-4/h2-6H,1H3;2*2H,1H2. The van der Waals surface area contributed by atoms with Gasteiger partial charge in [-0.05, 0) is 12.1 Å². The van der Waals surface area contributed by atoms with E-state index in [4.69, 9.17) is 10.5 Å². The fraction of sp³-hybridized carbons (Fsp3) is 0.0667. The summed E-state index contributed by atoms with van der Waals surface area (Å²) in [6, 6.07) is 11.9. The summed E-state index contributed by atoms with van der Waals surface area (Å²) in [5.41, 5.74) is 0. The molecule has 0 radical (unpaired) electrons. The molecule has 20 heavy (non-hydrogen) atoms. The van der Waals surface area contributed by atoms with E-state index in [1.54, 1.807) is 42.5 Å². The van der Waals surface area contributed by atoms with E-state index in [1.807, 2.05) is 0 Å². The maximum absolute atomic E-state index is 10.7. The van der Waals surface area contributed by atoms with Crippen LogP contribution in [0.3, 0.4) is 0 Å². The van der Waals surface area contributed by atoms with Gasteiger partial charge in [0.05, 0.1) is 12.1 Å². The second-order valence-corrected chi connectivity index (χ2v) is 2.93. The van der Waals surface area contributed by atoms with Crippen LogP contribution in [0.1, 0.15) is 6.92 Å². The molecule has 0 aliphatic heterocycles. The van der Waals surface area contributed by atoms with Crippen LogP contribution in [-0.2, 0) is 9.59 Å². The molecule has 0 fully saturated rings. The number of nitrogens with zero attached hydrogens (tertiary/aromatic N) is 2. The van der Waals surface area contributed by atoms with Crippen LogP contribution in [0.4, 0.5) is 0 Å². The van der Waals surface area contributed by atoms with E-state index >= 15 is 0 Å². The number of Topliss-reactive ketones (excluding diaryl/α,β-unsaturated/α-hetero) is 1. The Morgan fingerprint density at radius 2 is 1.50 bits per heavy atom. The molecule has 0 aliphatic rings. The highest BCUT2D eigenvalue weighted by Crippen LogP contribution is 2.08. The van der Waals surface area contributed by atoms with E-state index in [0.717, 1.165) is 0 Å². The first kappa shape index (κ1) is 19.2. The van der Waals surface area contributed by atoms with Crippen LogP contribution in [0.2, 0.25) is 0 Å². The smallest absolute Gasteiger partial charge is 0.379 e. The predicted octanol–water partition coefficient (Wildman–Crippen LogP) is 2.57. The molecule has 102 valence electrons. The summed E-state index contributed by atoms with van der Waals surface area (Å²) >= 11 is 0. The van der Waals surface area contributed by atoms with Crippen LogP contribution >= 0.6 is 0 Å². The Balaban J connectivity index is 0. The minimum atomic E-state index is -0.832. The zero-order valence-electron chi connectivity index (χ0n) is 11.1. The van der Waals surface area contributed by atoms with Crippen molar-refractivity contribution in [2.24, 2.45) is 0 Å². The molecule has 0 atom stereocenters. The average Bonchev–Trinajstić information content (AvgIpc) is 2.48. The van der Waals surface area contributed by atoms with Crippen molar-refractivity contribution in [2.45, 2.75) is 6.92 Å². The summed E-state index contributed by atoms with van der Waals surface area (Å²) in [6.45, 7) is 7.41. The van der Waals surface area contributed by atoms with E-state index < -0.39 is 11.8 Å². The molecule has 1 aromatic carbocycles. The van der Waals surface area contributed by atoms with Crippen LogP contribution in [0, 0.1) is 22.7 Å². The molecular weight excluding hydrogens is 256 g/mol. The number of nitriles is 2. The number of allylic oxidation sites excluding steroid dienone is 2. The van der Waals surface area contributed by atoms with Gasteiger partial charge in [-0.25, -0.2) is 4.79 Å². The summed E-state index contributed by atoms with van der Waals surface area (Å²) in [5, 5.41) is 15.0. The molecule has 0 unspecified atom stereocenters. The second kappa shape index (κ2) is 13.9. The molecule has 1 aromatic rings. The zero-order chi connectivity index (χ0) is 15.8. The highest BCUT2D eigenvalue weighted by molar-refractivity contribution is 6.33. The number of rotatable bonds is 2. The van der Waals surface area contributed by atoms with Crippen molar-refractivity contribution in [1.82, 2.24) is 0 Å². The van der Waals surface area contributed by atoms with Crippen molar-refractivity contribution < 1.29 is 14.3 Å². The minimum Gasteiger partial charge on any atom is -0.421 e. The molecule has 0 heterocycles. The number of esters is 1. The van der Waals surface area contributed by atoms with Crippen LogP contribution in [0.15, 0.2) is 55.6 Å². The number of hydrogen-bond donors (Lipinski definition) is 0. The van der Waals surface area contributed by atoms with Crippen molar-refractivity contribution in [3.63, 3.8) is 0 Å². The first-order chi connectivity index (χ1) is 9.53. The molecule has 0 bridgehead atoms. The highest BCUT2D eigenvalue weighted by Gasteiger charge is 2.08. The summed E-state index contributed by atoms with van der Waals surface area (Å²) in [7, 11) is 0. The lowest BCUT2D eigenvalue weighted by Crippen LogP contribution is -2.16. The number of carbonyl (C=O) groups excluding carboxylic acids is 2. The number of benzene rings is 1. The van der Waals surface area contributed by atoms with Crippen molar-refractivity contribution >= 4 is 11.8 Å². The van der Waals surface area contributed by atoms with Crippen LogP contribution < -0.4 is 4.74 Å². The van der Waals surface area contributed by atoms with Gasteiger partial charge in [-0.3, -0.25) is 4.79 Å². The molecule has 0 amide bonds. The average molecular weight is 270 g/mol. The van der Waals surface area contributed by atoms with Gasteiger partial charge in [0.1, 0.15) is 5.75 Å². The third-order valence-corrected chi connectivity index (χ3v) is 1.42. The van der Waals surface area contributed by atoms with E-state index in [-0.39, 0.29) is 0 Å². The largest absolute Gasteiger partial charge is 0.421 e. The lowest BCUT2D eigenvalue weighted by atomic mass is 10.3. The van der Waals surface area contributed by atoms with E-state index in [9.17, 15) is 9.59 Å². The third-order valence-electron chi connectivity index (χ3n) is 1.42. The number of hydrogen-bond acceptors (Lipinski definition) is 5. The minimum absolute atomic E-state index is 0.387. The predicted molar refractivity (Wildman–Crippen MR) is 74.4 cm³/mol. The number of carbonyl (C=O) groups is 2. The Morgan fingerprint density at radius 1 is 1.10 bits per heavy atom. The van der Waals surface area contributed by atoms with Crippen molar-refractivity contribution in [1.29, 1.82) is 10.5 Å². The molecule has 0 N–H and O–H groups in total. The number of ketones is 1. The fourth-order valence-corrected chi connectivity index (χ4v) is 0.667. The quantitative estimate of drug-likeness (QED) is 0.356. The van der Waals surface area contributed by atoms with Crippen LogP contribution in [0.25, 0.3) is 0 Å². The molecule has 0 aliphatic carbocycles. The van der Waals surface area contributed by atoms with Crippen molar-refractivity contribution in [3.05, 3.63) is 55.6 Å². The van der Waals surface area contributed by atoms with Gasteiger partial charge in [-0.1, -0.05) is 31.4 Å². The normalized spacial score (nSPS) is 6.95. The molecule has 0 saturated heterocycles. The van der Waals surface area contributed by atoms with E-state index in [2.05, 4.69) is 17.9 Å². The highest BCUT2D eigenvalue weighted by atomic mass is 16.5. The van der Waals surface area contributed by atoms with Crippen LogP contribution in [-0.4, -0.2) is 11.8 Å². The van der Waals surface area contributed by atoms with Crippen molar-refractivity contribution in [3.8, 4) is 17.9 Å². The van der Waals surface area contributed by atoms with Gasteiger partial charge in [0, 0.05) is 19.1 Å². The molecule has 0 spiro atoms. The monoisotopic (exact) mass is 270 g/mol. The summed E-state index contributed by atoms with van der Waals surface area (Å²) in [6.07, 6.45) is 2.36. The van der Waals surface area contributed by atoms with Gasteiger partial charge < -0.3 is 4.74 Å². The van der Waals surface area contributed by atoms with E-state index in [1.165, 1.54) is 19.1 Å². The summed E-state index contributed by atoms with van der Waals surface area (Å²) < 4.78 is 4.69. The Kier molecular flexibility index (Phi) is 13.3. The first-order valence-corrected chi connectivity index (χ1v) is 5.32. The fourth-order valence-electron chi connectivity index (χ4n) is 0.667. The lowest BCUT2D eigenvalue weighted by Gasteiger charge is -1.99.